The lowest BCUT2D eigenvalue weighted by Crippen LogP contribution is -2.26. The third kappa shape index (κ3) is 4.45. The van der Waals surface area contributed by atoms with Crippen molar-refractivity contribution in [2.24, 2.45) is 5.92 Å². The Morgan fingerprint density at radius 3 is 2.50 bits per heavy atom. The summed E-state index contributed by atoms with van der Waals surface area (Å²) in [4.78, 5) is 11.4. The summed E-state index contributed by atoms with van der Waals surface area (Å²) in [5.41, 5.74) is 0.927. The second kappa shape index (κ2) is 6.28. The molecule has 1 aromatic rings. The molecule has 1 unspecified atom stereocenters. The van der Waals surface area contributed by atoms with Crippen LogP contribution in [0.5, 0.6) is 0 Å². The fraction of sp³-hybridized carbons (Fsp3) is 0.462. The van der Waals surface area contributed by atoms with Crippen LogP contribution in [0.2, 0.25) is 0 Å². The van der Waals surface area contributed by atoms with Gasteiger partial charge in [-0.3, -0.25) is 0 Å². The van der Waals surface area contributed by atoms with E-state index in [1.807, 2.05) is 44.2 Å². The Kier molecular flexibility index (Phi) is 4.99. The van der Waals surface area contributed by atoms with Gasteiger partial charge in [-0.25, -0.2) is 4.79 Å². The Balaban J connectivity index is 2.40. The van der Waals surface area contributed by atoms with Gasteiger partial charge in [-0.1, -0.05) is 44.2 Å². The zero-order valence-corrected chi connectivity index (χ0v) is 9.72. The molecule has 0 bridgehead atoms. The van der Waals surface area contributed by atoms with Gasteiger partial charge in [0.2, 0.25) is 0 Å². The van der Waals surface area contributed by atoms with Gasteiger partial charge in [0.1, 0.15) is 0 Å². The molecule has 3 nitrogen and oxygen atoms in total. The van der Waals surface area contributed by atoms with E-state index < -0.39 is 12.1 Å². The van der Waals surface area contributed by atoms with Crippen molar-refractivity contribution in [2.75, 3.05) is 6.61 Å². The average molecular weight is 222 g/mol. The van der Waals surface area contributed by atoms with Crippen LogP contribution >= 0.6 is 0 Å². The summed E-state index contributed by atoms with van der Waals surface area (Å²) in [5, 5.41) is 9.61. The number of carbonyl (C=O) groups excluding carboxylic acids is 1. The first-order valence-electron chi connectivity index (χ1n) is 5.48. The molecule has 1 N–H and O–H groups in total. The lowest BCUT2D eigenvalue weighted by atomic mass is 10.1. The zero-order chi connectivity index (χ0) is 12.0. The monoisotopic (exact) mass is 222 g/mol. The van der Waals surface area contributed by atoms with E-state index in [1.165, 1.54) is 0 Å². The van der Waals surface area contributed by atoms with Crippen LogP contribution < -0.4 is 0 Å². The molecule has 0 radical (unpaired) electrons. The van der Waals surface area contributed by atoms with Crippen LogP contribution in [0.1, 0.15) is 19.4 Å². The van der Waals surface area contributed by atoms with Crippen LogP contribution in [0.25, 0.3) is 0 Å². The molecule has 1 rings (SSSR count). The SMILES string of the molecule is CC(C)COC(=O)C(O)Cc1ccccc1. The fourth-order valence-corrected chi connectivity index (χ4v) is 1.27. The molecule has 0 aliphatic carbocycles. The highest BCUT2D eigenvalue weighted by molar-refractivity contribution is 5.74. The predicted octanol–water partition coefficient (Wildman–Crippen LogP) is 1.79. The van der Waals surface area contributed by atoms with Gasteiger partial charge in [-0.15, -0.1) is 0 Å². The number of esters is 1. The minimum absolute atomic E-state index is 0.285. The maximum absolute atomic E-state index is 11.4. The molecule has 0 saturated carbocycles. The Bertz CT molecular complexity index is 319. The number of benzene rings is 1. The van der Waals surface area contributed by atoms with Gasteiger partial charge in [-0.05, 0) is 11.5 Å². The van der Waals surface area contributed by atoms with Crippen LogP contribution in [-0.2, 0) is 16.0 Å². The van der Waals surface area contributed by atoms with Gasteiger partial charge in [0, 0.05) is 6.42 Å². The second-order valence-corrected chi connectivity index (χ2v) is 4.23. The number of hydrogen-bond acceptors (Lipinski definition) is 3. The molecule has 1 aromatic carbocycles. The van der Waals surface area contributed by atoms with E-state index in [0.29, 0.717) is 13.0 Å². The van der Waals surface area contributed by atoms with E-state index in [9.17, 15) is 9.90 Å². The minimum Gasteiger partial charge on any atom is -0.463 e. The van der Waals surface area contributed by atoms with Gasteiger partial charge in [0.25, 0.3) is 0 Å². The lowest BCUT2D eigenvalue weighted by molar-refractivity contribution is -0.154. The van der Waals surface area contributed by atoms with Crippen molar-refractivity contribution in [3.63, 3.8) is 0 Å². The summed E-state index contributed by atoms with van der Waals surface area (Å²) in [6.07, 6.45) is -0.765. The van der Waals surface area contributed by atoms with E-state index in [1.54, 1.807) is 0 Å². The van der Waals surface area contributed by atoms with Crippen LogP contribution in [-0.4, -0.2) is 23.8 Å². The van der Waals surface area contributed by atoms with Crippen molar-refractivity contribution < 1.29 is 14.6 Å². The third-order valence-electron chi connectivity index (χ3n) is 2.10. The highest BCUT2D eigenvalue weighted by Crippen LogP contribution is 2.05. The normalized spacial score (nSPS) is 12.5. The Morgan fingerprint density at radius 2 is 1.94 bits per heavy atom. The summed E-state index contributed by atoms with van der Waals surface area (Å²) >= 11 is 0. The van der Waals surface area contributed by atoms with Crippen LogP contribution in [0.15, 0.2) is 30.3 Å². The summed E-state index contributed by atoms with van der Waals surface area (Å²) in [5.74, 6) is -0.259. The third-order valence-corrected chi connectivity index (χ3v) is 2.10. The minimum atomic E-state index is -1.07. The second-order valence-electron chi connectivity index (χ2n) is 4.23. The summed E-state index contributed by atoms with van der Waals surface area (Å²) in [6.45, 7) is 4.26. The van der Waals surface area contributed by atoms with Crippen LogP contribution in [0, 0.1) is 5.92 Å². The molecule has 0 aromatic heterocycles. The van der Waals surface area contributed by atoms with E-state index >= 15 is 0 Å². The number of aliphatic hydroxyl groups excluding tert-OH is 1. The van der Waals surface area contributed by atoms with Gasteiger partial charge in [0.05, 0.1) is 6.61 Å². The largest absolute Gasteiger partial charge is 0.463 e. The first-order valence-corrected chi connectivity index (χ1v) is 5.48. The number of ether oxygens (including phenoxy) is 1. The molecule has 1 atom stereocenters. The maximum Gasteiger partial charge on any atom is 0.335 e. The lowest BCUT2D eigenvalue weighted by Gasteiger charge is -2.12. The van der Waals surface area contributed by atoms with Crippen LogP contribution in [0.4, 0.5) is 0 Å². The van der Waals surface area contributed by atoms with E-state index in [2.05, 4.69) is 0 Å². The molecular formula is C13H18O3. The summed E-state index contributed by atoms with van der Waals surface area (Å²) in [7, 11) is 0. The number of hydrogen-bond donors (Lipinski definition) is 1. The molecule has 0 fully saturated rings. The maximum atomic E-state index is 11.4. The number of rotatable bonds is 5. The first kappa shape index (κ1) is 12.7. The average Bonchev–Trinajstić information content (AvgIpc) is 2.27. The van der Waals surface area contributed by atoms with E-state index in [4.69, 9.17) is 4.74 Å². The van der Waals surface area contributed by atoms with Crippen molar-refractivity contribution >= 4 is 5.97 Å². The summed E-state index contributed by atoms with van der Waals surface area (Å²) < 4.78 is 4.95. The Labute approximate surface area is 96.1 Å². The molecule has 0 aliphatic heterocycles. The van der Waals surface area contributed by atoms with Gasteiger partial charge in [0.15, 0.2) is 6.10 Å². The van der Waals surface area contributed by atoms with E-state index in [0.717, 1.165) is 5.56 Å². The van der Waals surface area contributed by atoms with Crippen molar-refractivity contribution in [3.8, 4) is 0 Å². The first-order chi connectivity index (χ1) is 7.59. The number of aliphatic hydroxyl groups is 1. The molecule has 16 heavy (non-hydrogen) atoms. The Hall–Kier alpha value is -1.35. The topological polar surface area (TPSA) is 46.5 Å². The zero-order valence-electron chi connectivity index (χ0n) is 9.72. The quantitative estimate of drug-likeness (QED) is 0.773. The molecule has 3 heteroatoms. The Morgan fingerprint density at radius 1 is 1.31 bits per heavy atom. The number of carbonyl (C=O) groups is 1. The molecule has 0 saturated heterocycles. The van der Waals surface area contributed by atoms with Crippen molar-refractivity contribution in [1.29, 1.82) is 0 Å². The van der Waals surface area contributed by atoms with Crippen molar-refractivity contribution in [2.45, 2.75) is 26.4 Å². The summed E-state index contributed by atoms with van der Waals surface area (Å²) in [6, 6.07) is 9.40. The fourth-order valence-electron chi connectivity index (χ4n) is 1.27. The molecule has 0 heterocycles. The molecular weight excluding hydrogens is 204 g/mol. The predicted molar refractivity (Wildman–Crippen MR) is 61.9 cm³/mol. The van der Waals surface area contributed by atoms with Gasteiger partial charge in [-0.2, -0.15) is 0 Å². The van der Waals surface area contributed by atoms with Gasteiger partial charge < -0.3 is 9.84 Å². The molecule has 0 aliphatic rings. The van der Waals surface area contributed by atoms with Gasteiger partial charge >= 0.3 is 5.97 Å². The smallest absolute Gasteiger partial charge is 0.335 e. The molecule has 0 amide bonds. The van der Waals surface area contributed by atoms with Crippen LogP contribution in [0.3, 0.4) is 0 Å². The molecule has 88 valence electrons. The van der Waals surface area contributed by atoms with Crippen molar-refractivity contribution in [1.82, 2.24) is 0 Å². The standard InChI is InChI=1S/C13H18O3/c1-10(2)9-16-13(15)12(14)8-11-6-4-3-5-7-11/h3-7,10,12,14H,8-9H2,1-2H3. The molecule has 0 spiro atoms. The van der Waals surface area contributed by atoms with E-state index in [-0.39, 0.29) is 5.92 Å². The highest BCUT2D eigenvalue weighted by Gasteiger charge is 2.17. The highest BCUT2D eigenvalue weighted by atomic mass is 16.5. The van der Waals surface area contributed by atoms with Crippen molar-refractivity contribution in [3.05, 3.63) is 35.9 Å².